The van der Waals surface area contributed by atoms with Crippen LogP contribution in [0.4, 0.5) is 4.39 Å². The average molecular weight is 235 g/mol. The van der Waals surface area contributed by atoms with Gasteiger partial charge in [-0.2, -0.15) is 5.10 Å². The number of halogens is 1. The third-order valence-corrected chi connectivity index (χ3v) is 2.44. The highest BCUT2D eigenvalue weighted by Crippen LogP contribution is 2.24. The Morgan fingerprint density at radius 3 is 2.71 bits per heavy atom. The highest BCUT2D eigenvalue weighted by molar-refractivity contribution is 5.32. The smallest absolute Gasteiger partial charge is 0.168 e. The molecule has 0 saturated heterocycles. The van der Waals surface area contributed by atoms with Crippen LogP contribution in [0, 0.1) is 12.7 Å². The molecule has 0 atom stereocenters. The monoisotopic (exact) mass is 235 g/mol. The minimum Gasteiger partial charge on any atom is -0.454 e. The topological polar surface area (TPSA) is 53.1 Å². The zero-order chi connectivity index (χ0) is 12.3. The number of hydrogen-bond acceptors (Lipinski definition) is 3. The maximum Gasteiger partial charge on any atom is 0.168 e. The molecular formula is C12H14FN3O. The van der Waals surface area contributed by atoms with Crippen molar-refractivity contribution in [3.05, 3.63) is 42.0 Å². The van der Waals surface area contributed by atoms with E-state index in [2.05, 4.69) is 5.10 Å². The van der Waals surface area contributed by atoms with Gasteiger partial charge < -0.3 is 10.5 Å². The van der Waals surface area contributed by atoms with Crippen LogP contribution < -0.4 is 10.5 Å². The van der Waals surface area contributed by atoms with E-state index in [4.69, 9.17) is 10.5 Å². The summed E-state index contributed by atoms with van der Waals surface area (Å²) in [5.74, 6) is 0.958. The van der Waals surface area contributed by atoms with Crippen LogP contribution in [0.25, 0.3) is 0 Å². The molecule has 0 radical (unpaired) electrons. The van der Waals surface area contributed by atoms with Crippen LogP contribution in [0.3, 0.4) is 0 Å². The number of rotatable bonds is 4. The van der Waals surface area contributed by atoms with E-state index in [9.17, 15) is 4.39 Å². The van der Waals surface area contributed by atoms with Crippen molar-refractivity contribution in [3.63, 3.8) is 0 Å². The third-order valence-electron chi connectivity index (χ3n) is 2.44. The number of benzene rings is 1. The summed E-state index contributed by atoms with van der Waals surface area (Å²) in [6, 6.07) is 5.87. The van der Waals surface area contributed by atoms with Crippen molar-refractivity contribution in [3.8, 4) is 11.5 Å². The minimum atomic E-state index is -0.284. The quantitative estimate of drug-likeness (QED) is 0.882. The average Bonchev–Trinajstić information content (AvgIpc) is 2.65. The van der Waals surface area contributed by atoms with Crippen molar-refractivity contribution in [2.75, 3.05) is 6.54 Å². The van der Waals surface area contributed by atoms with Gasteiger partial charge in [-0.05, 0) is 31.2 Å². The summed E-state index contributed by atoms with van der Waals surface area (Å²) in [4.78, 5) is 0. The minimum absolute atomic E-state index is 0.284. The largest absolute Gasteiger partial charge is 0.454 e. The Hall–Kier alpha value is -1.88. The maximum atomic E-state index is 12.7. The zero-order valence-electron chi connectivity index (χ0n) is 9.56. The molecule has 4 nitrogen and oxygen atoms in total. The molecule has 0 aliphatic rings. The van der Waals surface area contributed by atoms with Gasteiger partial charge in [0.05, 0.1) is 18.4 Å². The van der Waals surface area contributed by atoms with Gasteiger partial charge in [0.2, 0.25) is 0 Å². The van der Waals surface area contributed by atoms with Crippen molar-refractivity contribution in [2.24, 2.45) is 5.73 Å². The summed E-state index contributed by atoms with van der Waals surface area (Å²) in [6.07, 6.45) is 1.63. The van der Waals surface area contributed by atoms with Crippen molar-refractivity contribution < 1.29 is 9.13 Å². The maximum absolute atomic E-state index is 12.7. The van der Waals surface area contributed by atoms with Crippen LogP contribution in [0.5, 0.6) is 11.5 Å². The summed E-state index contributed by atoms with van der Waals surface area (Å²) in [6.45, 7) is 3.08. The molecule has 17 heavy (non-hydrogen) atoms. The molecule has 1 aromatic heterocycles. The fourth-order valence-electron chi connectivity index (χ4n) is 1.51. The Balaban J connectivity index is 2.16. The zero-order valence-corrected chi connectivity index (χ0v) is 9.56. The van der Waals surface area contributed by atoms with E-state index in [1.165, 1.54) is 12.1 Å². The SMILES string of the molecule is Cc1c(Oc2ccc(F)cc2)cnn1CCN. The summed E-state index contributed by atoms with van der Waals surface area (Å²) >= 11 is 0. The second kappa shape index (κ2) is 4.97. The first-order valence-corrected chi connectivity index (χ1v) is 5.36. The predicted octanol–water partition coefficient (Wildman–Crippen LogP) is 2.08. The third kappa shape index (κ3) is 2.62. The van der Waals surface area contributed by atoms with Gasteiger partial charge in [-0.3, -0.25) is 4.68 Å². The van der Waals surface area contributed by atoms with Gasteiger partial charge in [-0.1, -0.05) is 0 Å². The van der Waals surface area contributed by atoms with Gasteiger partial charge in [0.15, 0.2) is 5.75 Å². The fraction of sp³-hybridized carbons (Fsp3) is 0.250. The Kier molecular flexibility index (Phi) is 3.39. The fourth-order valence-corrected chi connectivity index (χ4v) is 1.51. The molecule has 5 heteroatoms. The Morgan fingerprint density at radius 1 is 1.35 bits per heavy atom. The van der Waals surface area contributed by atoms with E-state index in [-0.39, 0.29) is 5.82 Å². The Labute approximate surface area is 98.8 Å². The molecule has 0 saturated carbocycles. The van der Waals surface area contributed by atoms with Gasteiger partial charge in [0.1, 0.15) is 11.6 Å². The highest BCUT2D eigenvalue weighted by atomic mass is 19.1. The van der Waals surface area contributed by atoms with Crippen molar-refractivity contribution in [2.45, 2.75) is 13.5 Å². The van der Waals surface area contributed by atoms with Gasteiger partial charge in [0, 0.05) is 6.54 Å². The first-order chi connectivity index (χ1) is 8.20. The lowest BCUT2D eigenvalue weighted by molar-refractivity contribution is 0.473. The van der Waals surface area contributed by atoms with Crippen molar-refractivity contribution in [1.82, 2.24) is 9.78 Å². The highest BCUT2D eigenvalue weighted by Gasteiger charge is 2.07. The standard InChI is InChI=1S/C12H14FN3O/c1-9-12(8-15-16(9)7-6-14)17-11-4-2-10(13)3-5-11/h2-5,8H,6-7,14H2,1H3. The molecule has 0 unspecified atom stereocenters. The molecular weight excluding hydrogens is 221 g/mol. The van der Waals surface area contributed by atoms with Crippen LogP contribution in [0.2, 0.25) is 0 Å². The second-order valence-corrected chi connectivity index (χ2v) is 3.66. The van der Waals surface area contributed by atoms with Crippen LogP contribution in [0.15, 0.2) is 30.5 Å². The molecule has 0 aliphatic carbocycles. The van der Waals surface area contributed by atoms with E-state index >= 15 is 0 Å². The number of hydrogen-bond donors (Lipinski definition) is 1. The second-order valence-electron chi connectivity index (χ2n) is 3.66. The Morgan fingerprint density at radius 2 is 2.06 bits per heavy atom. The molecule has 1 aromatic carbocycles. The lowest BCUT2D eigenvalue weighted by Crippen LogP contribution is -2.12. The molecule has 90 valence electrons. The summed E-state index contributed by atoms with van der Waals surface area (Å²) in [5, 5.41) is 4.16. The first kappa shape index (κ1) is 11.6. The first-order valence-electron chi connectivity index (χ1n) is 5.36. The van der Waals surface area contributed by atoms with Crippen LogP contribution in [-0.2, 0) is 6.54 Å². The van der Waals surface area contributed by atoms with Crippen LogP contribution in [0.1, 0.15) is 5.69 Å². The predicted molar refractivity (Wildman–Crippen MR) is 62.5 cm³/mol. The molecule has 2 rings (SSSR count). The molecule has 1 heterocycles. The lowest BCUT2D eigenvalue weighted by Gasteiger charge is -2.05. The Bertz CT molecular complexity index is 493. The molecule has 0 bridgehead atoms. The molecule has 2 aromatic rings. The van der Waals surface area contributed by atoms with E-state index in [1.54, 1.807) is 23.0 Å². The van der Waals surface area contributed by atoms with E-state index < -0.39 is 0 Å². The normalized spacial score (nSPS) is 10.5. The van der Waals surface area contributed by atoms with Crippen LogP contribution >= 0.6 is 0 Å². The molecule has 0 aliphatic heterocycles. The number of nitrogens with zero attached hydrogens (tertiary/aromatic N) is 2. The van der Waals surface area contributed by atoms with Gasteiger partial charge in [-0.15, -0.1) is 0 Å². The number of aromatic nitrogens is 2. The molecule has 0 spiro atoms. The summed E-state index contributed by atoms with van der Waals surface area (Å²) in [7, 11) is 0. The van der Waals surface area contributed by atoms with E-state index in [1.807, 2.05) is 6.92 Å². The summed E-state index contributed by atoms with van der Waals surface area (Å²) in [5.41, 5.74) is 6.37. The summed E-state index contributed by atoms with van der Waals surface area (Å²) < 4.78 is 20.1. The van der Waals surface area contributed by atoms with Crippen molar-refractivity contribution in [1.29, 1.82) is 0 Å². The van der Waals surface area contributed by atoms with Gasteiger partial charge >= 0.3 is 0 Å². The number of ether oxygens (including phenoxy) is 1. The van der Waals surface area contributed by atoms with Gasteiger partial charge in [-0.25, -0.2) is 4.39 Å². The van der Waals surface area contributed by atoms with Crippen molar-refractivity contribution >= 4 is 0 Å². The molecule has 0 fully saturated rings. The van der Waals surface area contributed by atoms with E-state index in [0.717, 1.165) is 5.69 Å². The molecule has 2 N–H and O–H groups in total. The molecule has 0 amide bonds. The van der Waals surface area contributed by atoms with Gasteiger partial charge in [0.25, 0.3) is 0 Å². The van der Waals surface area contributed by atoms with E-state index in [0.29, 0.717) is 24.6 Å². The lowest BCUT2D eigenvalue weighted by atomic mass is 10.3. The number of nitrogens with two attached hydrogens (primary N) is 1. The van der Waals surface area contributed by atoms with Crippen LogP contribution in [-0.4, -0.2) is 16.3 Å².